The molecular formula is C22H33N3O2S. The van der Waals surface area contributed by atoms with E-state index in [0.29, 0.717) is 5.92 Å². The molecule has 28 heavy (non-hydrogen) atoms. The van der Waals surface area contributed by atoms with Crippen molar-refractivity contribution in [3.05, 3.63) is 27.1 Å². The fraction of sp³-hybridized carbons (Fsp3) is 0.682. The van der Waals surface area contributed by atoms with Crippen molar-refractivity contribution in [2.75, 3.05) is 13.1 Å². The molecule has 0 N–H and O–H groups in total. The molecule has 154 valence electrons. The van der Waals surface area contributed by atoms with Gasteiger partial charge in [-0.3, -0.25) is 14.2 Å². The minimum absolute atomic E-state index is 0.00356. The van der Waals surface area contributed by atoms with Gasteiger partial charge in [0, 0.05) is 18.0 Å². The van der Waals surface area contributed by atoms with E-state index in [1.165, 1.54) is 15.0 Å². The van der Waals surface area contributed by atoms with Crippen LogP contribution in [-0.4, -0.2) is 33.4 Å². The summed E-state index contributed by atoms with van der Waals surface area (Å²) in [7, 11) is 0. The number of aryl methyl sites for hydroxylation is 1. The van der Waals surface area contributed by atoms with Crippen molar-refractivity contribution in [1.29, 1.82) is 0 Å². The Balaban J connectivity index is 1.90. The summed E-state index contributed by atoms with van der Waals surface area (Å²) in [5, 5.41) is 0.750. The summed E-state index contributed by atoms with van der Waals surface area (Å²) in [5.74, 6) is 0.636. The monoisotopic (exact) mass is 403 g/mol. The van der Waals surface area contributed by atoms with Gasteiger partial charge < -0.3 is 4.90 Å². The van der Waals surface area contributed by atoms with Gasteiger partial charge in [0.1, 0.15) is 11.4 Å². The lowest BCUT2D eigenvalue weighted by Crippen LogP contribution is -2.37. The number of fused-ring (bicyclic) bond motifs is 3. The Kier molecular flexibility index (Phi) is 6.28. The number of hydrogen-bond acceptors (Lipinski definition) is 4. The molecule has 0 spiro atoms. The molecule has 1 aliphatic rings. The lowest BCUT2D eigenvalue weighted by atomic mass is 9.72. The Labute approximate surface area is 171 Å². The van der Waals surface area contributed by atoms with E-state index in [2.05, 4.69) is 39.6 Å². The number of carbonyl (C=O) groups is 1. The number of amides is 1. The first-order valence-corrected chi connectivity index (χ1v) is 11.3. The Morgan fingerprint density at radius 2 is 1.96 bits per heavy atom. The highest BCUT2D eigenvalue weighted by molar-refractivity contribution is 7.18. The maximum atomic E-state index is 13.2. The van der Waals surface area contributed by atoms with Crippen molar-refractivity contribution in [1.82, 2.24) is 14.5 Å². The van der Waals surface area contributed by atoms with E-state index in [0.717, 1.165) is 55.4 Å². The third-order valence-corrected chi connectivity index (χ3v) is 7.07. The van der Waals surface area contributed by atoms with Crippen LogP contribution in [0, 0.1) is 11.3 Å². The van der Waals surface area contributed by atoms with Crippen molar-refractivity contribution >= 4 is 27.5 Å². The number of rotatable bonds is 6. The highest BCUT2D eigenvalue weighted by Gasteiger charge is 2.31. The number of aromatic nitrogens is 2. The van der Waals surface area contributed by atoms with Gasteiger partial charge in [-0.25, -0.2) is 4.98 Å². The van der Waals surface area contributed by atoms with E-state index in [9.17, 15) is 9.59 Å². The molecule has 0 fully saturated rings. The molecule has 2 aromatic rings. The number of thiophene rings is 1. The maximum Gasteiger partial charge on any atom is 0.262 e. The van der Waals surface area contributed by atoms with Crippen molar-refractivity contribution in [3.8, 4) is 0 Å². The van der Waals surface area contributed by atoms with Gasteiger partial charge in [0.25, 0.3) is 5.56 Å². The first kappa shape index (κ1) is 21.0. The lowest BCUT2D eigenvalue weighted by Gasteiger charge is -2.33. The smallest absolute Gasteiger partial charge is 0.262 e. The lowest BCUT2D eigenvalue weighted by molar-refractivity contribution is -0.132. The molecule has 1 amide bonds. The molecule has 0 aliphatic heterocycles. The zero-order chi connectivity index (χ0) is 20.5. The van der Waals surface area contributed by atoms with Gasteiger partial charge in [0.2, 0.25) is 5.91 Å². The maximum absolute atomic E-state index is 13.2. The van der Waals surface area contributed by atoms with Crippen molar-refractivity contribution in [3.63, 3.8) is 0 Å². The van der Waals surface area contributed by atoms with Crippen LogP contribution in [0.1, 0.15) is 64.3 Å². The minimum atomic E-state index is -0.0574. The van der Waals surface area contributed by atoms with Crippen LogP contribution in [0.2, 0.25) is 0 Å². The second kappa shape index (κ2) is 8.36. The summed E-state index contributed by atoms with van der Waals surface area (Å²) in [4.78, 5) is 34.4. The Bertz CT molecular complexity index is 901. The third-order valence-electron chi connectivity index (χ3n) is 5.91. The van der Waals surface area contributed by atoms with E-state index in [1.807, 2.05) is 4.90 Å². The predicted molar refractivity (Wildman–Crippen MR) is 116 cm³/mol. The molecule has 6 heteroatoms. The average Bonchev–Trinajstić information content (AvgIpc) is 3.01. The topological polar surface area (TPSA) is 55.2 Å². The van der Waals surface area contributed by atoms with Crippen LogP contribution in [-0.2, 0) is 24.2 Å². The molecule has 2 heterocycles. The van der Waals surface area contributed by atoms with E-state index < -0.39 is 0 Å². The summed E-state index contributed by atoms with van der Waals surface area (Å²) < 4.78 is 1.51. The molecule has 0 bridgehead atoms. The standard InChI is InChI=1S/C22H33N3O2S/c1-6-10-24(11-7-2)18(26)13-25-14-23-20-19(21(25)27)16-9-8-15(22(3,4)5)12-17(16)28-20/h14-15H,6-13H2,1-5H3. The van der Waals surface area contributed by atoms with Crippen LogP contribution in [0.5, 0.6) is 0 Å². The van der Waals surface area contributed by atoms with Gasteiger partial charge in [-0.2, -0.15) is 0 Å². The first-order chi connectivity index (χ1) is 13.3. The highest BCUT2D eigenvalue weighted by Crippen LogP contribution is 2.41. The highest BCUT2D eigenvalue weighted by atomic mass is 32.1. The van der Waals surface area contributed by atoms with Crippen LogP contribution >= 0.6 is 11.3 Å². The molecule has 3 rings (SSSR count). The zero-order valence-corrected chi connectivity index (χ0v) is 18.7. The SMILES string of the molecule is CCCN(CCC)C(=O)Cn1cnc2sc3c(c2c1=O)CCC(C(C)(C)C)C3. The molecule has 1 aliphatic carbocycles. The summed E-state index contributed by atoms with van der Waals surface area (Å²) in [6, 6.07) is 0. The molecule has 0 aromatic carbocycles. The molecular weight excluding hydrogens is 370 g/mol. The Morgan fingerprint density at radius 3 is 2.57 bits per heavy atom. The molecule has 0 radical (unpaired) electrons. The van der Waals surface area contributed by atoms with Crippen LogP contribution in [0.4, 0.5) is 0 Å². The predicted octanol–water partition coefficient (Wildman–Crippen LogP) is 4.26. The molecule has 1 unspecified atom stereocenters. The summed E-state index contributed by atoms with van der Waals surface area (Å²) in [6.45, 7) is 12.6. The minimum Gasteiger partial charge on any atom is -0.341 e. The normalized spacial score (nSPS) is 17.0. The largest absolute Gasteiger partial charge is 0.341 e. The number of hydrogen-bond donors (Lipinski definition) is 0. The molecule has 0 saturated carbocycles. The molecule has 5 nitrogen and oxygen atoms in total. The quantitative estimate of drug-likeness (QED) is 0.724. The van der Waals surface area contributed by atoms with E-state index in [4.69, 9.17) is 0 Å². The van der Waals surface area contributed by atoms with Gasteiger partial charge in [-0.1, -0.05) is 34.6 Å². The molecule has 0 saturated heterocycles. The third kappa shape index (κ3) is 4.17. The van der Waals surface area contributed by atoms with Crippen molar-refractivity contribution in [2.45, 2.75) is 73.3 Å². The van der Waals surface area contributed by atoms with Crippen LogP contribution in [0.3, 0.4) is 0 Å². The second-order valence-corrected chi connectivity index (χ2v) is 10.1. The van der Waals surface area contributed by atoms with E-state index in [1.54, 1.807) is 17.7 Å². The number of nitrogens with zero attached hydrogens (tertiary/aromatic N) is 3. The fourth-order valence-electron chi connectivity index (χ4n) is 4.20. The van der Waals surface area contributed by atoms with Crippen LogP contribution in [0.15, 0.2) is 11.1 Å². The fourth-order valence-corrected chi connectivity index (χ4v) is 5.46. The van der Waals surface area contributed by atoms with Gasteiger partial charge in [0.15, 0.2) is 0 Å². The molecule has 2 aromatic heterocycles. The van der Waals surface area contributed by atoms with Gasteiger partial charge in [-0.15, -0.1) is 11.3 Å². The first-order valence-electron chi connectivity index (χ1n) is 10.5. The van der Waals surface area contributed by atoms with Crippen molar-refractivity contribution < 1.29 is 4.79 Å². The second-order valence-electron chi connectivity index (χ2n) is 9.05. The van der Waals surface area contributed by atoms with Crippen LogP contribution in [0.25, 0.3) is 10.2 Å². The van der Waals surface area contributed by atoms with Crippen LogP contribution < -0.4 is 5.56 Å². The zero-order valence-electron chi connectivity index (χ0n) is 17.9. The summed E-state index contributed by atoms with van der Waals surface area (Å²) >= 11 is 1.66. The average molecular weight is 404 g/mol. The van der Waals surface area contributed by atoms with E-state index >= 15 is 0 Å². The van der Waals surface area contributed by atoms with Gasteiger partial charge >= 0.3 is 0 Å². The van der Waals surface area contributed by atoms with E-state index in [-0.39, 0.29) is 23.4 Å². The molecule has 1 atom stereocenters. The van der Waals surface area contributed by atoms with Gasteiger partial charge in [-0.05, 0) is 49.0 Å². The van der Waals surface area contributed by atoms with Gasteiger partial charge in [0.05, 0.1) is 11.7 Å². The Hall–Kier alpha value is -1.69. The summed E-state index contributed by atoms with van der Waals surface area (Å²) in [5.41, 5.74) is 1.40. The number of carbonyl (C=O) groups excluding carboxylic acids is 1. The van der Waals surface area contributed by atoms with Crippen molar-refractivity contribution in [2.24, 2.45) is 11.3 Å². The Morgan fingerprint density at radius 1 is 1.29 bits per heavy atom. The summed E-state index contributed by atoms with van der Waals surface area (Å²) in [6.07, 6.45) is 6.47.